The van der Waals surface area contributed by atoms with Crippen molar-refractivity contribution in [2.24, 2.45) is 5.92 Å². The van der Waals surface area contributed by atoms with Crippen molar-refractivity contribution in [2.45, 2.75) is 32.7 Å². The smallest absolute Gasteiger partial charge is 0.325 e. The number of carbonyl (C=O) groups is 2. The Bertz CT molecular complexity index is 1220. The number of halogens is 2. The van der Waals surface area contributed by atoms with Crippen LogP contribution in [0.3, 0.4) is 0 Å². The van der Waals surface area contributed by atoms with Gasteiger partial charge in [-0.2, -0.15) is 11.8 Å². The number of imidazole rings is 1. The van der Waals surface area contributed by atoms with Gasteiger partial charge >= 0.3 is 6.03 Å². The number of aromatic nitrogens is 2. The van der Waals surface area contributed by atoms with E-state index in [1.807, 2.05) is 55.9 Å². The molecule has 0 bridgehead atoms. The molecule has 0 unspecified atom stereocenters. The zero-order valence-corrected chi connectivity index (χ0v) is 23.0. The third kappa shape index (κ3) is 5.58. The van der Waals surface area contributed by atoms with Crippen molar-refractivity contribution < 1.29 is 9.59 Å². The van der Waals surface area contributed by atoms with Gasteiger partial charge < -0.3 is 4.90 Å². The summed E-state index contributed by atoms with van der Waals surface area (Å²) >= 11 is 14.7. The van der Waals surface area contributed by atoms with Crippen LogP contribution in [0.1, 0.15) is 37.2 Å². The van der Waals surface area contributed by atoms with E-state index in [0.717, 1.165) is 30.6 Å². The summed E-state index contributed by atoms with van der Waals surface area (Å²) in [6.07, 6.45) is 2.81. The van der Waals surface area contributed by atoms with E-state index in [4.69, 9.17) is 28.2 Å². The van der Waals surface area contributed by atoms with Crippen LogP contribution in [0, 0.1) is 5.92 Å². The van der Waals surface area contributed by atoms with Gasteiger partial charge in [-0.25, -0.2) is 9.78 Å². The van der Waals surface area contributed by atoms with Crippen LogP contribution < -0.4 is 4.90 Å². The fraction of sp³-hybridized carbons (Fsp3) is 0.370. The second kappa shape index (κ2) is 11.7. The standard InChI is InChI=1S/C27H30Cl2N4O2S/c1-18(2)31(3)27(35)32(16-19-12-14-36-15-13-19)26-24(17-34)33(21-10-8-20(28)9-11-21)25(30-26)22-6-4-5-7-23(22)29/h4-11,17-19H,12-16H2,1-3H3. The third-order valence-electron chi connectivity index (χ3n) is 6.55. The molecular weight excluding hydrogens is 515 g/mol. The van der Waals surface area contributed by atoms with Gasteiger partial charge in [-0.1, -0.05) is 35.3 Å². The van der Waals surface area contributed by atoms with Crippen LogP contribution in [0.15, 0.2) is 48.5 Å². The van der Waals surface area contributed by atoms with Crippen molar-refractivity contribution >= 4 is 53.1 Å². The van der Waals surface area contributed by atoms with Crippen LogP contribution >= 0.6 is 35.0 Å². The Morgan fingerprint density at radius 1 is 1.14 bits per heavy atom. The molecule has 3 aromatic rings. The molecular formula is C27H30Cl2N4O2S. The summed E-state index contributed by atoms with van der Waals surface area (Å²) in [5.41, 5.74) is 1.67. The number of hydrogen-bond acceptors (Lipinski definition) is 4. The van der Waals surface area contributed by atoms with Crippen molar-refractivity contribution in [1.82, 2.24) is 14.5 Å². The number of benzene rings is 2. The summed E-state index contributed by atoms with van der Waals surface area (Å²) in [4.78, 5) is 34.7. The van der Waals surface area contributed by atoms with Crippen molar-refractivity contribution in [3.8, 4) is 17.1 Å². The lowest BCUT2D eigenvalue weighted by Crippen LogP contribution is -2.47. The van der Waals surface area contributed by atoms with E-state index in [1.165, 1.54) is 0 Å². The Kier molecular flexibility index (Phi) is 8.65. The Morgan fingerprint density at radius 2 is 1.81 bits per heavy atom. The summed E-state index contributed by atoms with van der Waals surface area (Å²) in [6, 6.07) is 14.3. The van der Waals surface area contributed by atoms with Gasteiger partial charge in [-0.05, 0) is 80.5 Å². The first kappa shape index (κ1) is 26.6. The summed E-state index contributed by atoms with van der Waals surface area (Å²) < 4.78 is 1.76. The molecule has 1 aromatic heterocycles. The second-order valence-electron chi connectivity index (χ2n) is 9.21. The lowest BCUT2D eigenvalue weighted by molar-refractivity contribution is 0.111. The first-order valence-corrected chi connectivity index (χ1v) is 13.9. The maximum atomic E-state index is 13.8. The molecule has 0 radical (unpaired) electrons. The Hall–Kier alpha value is -2.48. The monoisotopic (exact) mass is 544 g/mol. The van der Waals surface area contributed by atoms with E-state index in [-0.39, 0.29) is 12.1 Å². The van der Waals surface area contributed by atoms with E-state index in [1.54, 1.807) is 39.6 Å². The van der Waals surface area contributed by atoms with Crippen LogP contribution in [-0.4, -0.2) is 57.9 Å². The molecule has 2 heterocycles. The van der Waals surface area contributed by atoms with Gasteiger partial charge in [-0.15, -0.1) is 0 Å². The number of nitrogens with zero attached hydrogens (tertiary/aromatic N) is 4. The van der Waals surface area contributed by atoms with Gasteiger partial charge in [0.15, 0.2) is 12.1 Å². The molecule has 36 heavy (non-hydrogen) atoms. The molecule has 0 spiro atoms. The zero-order chi connectivity index (χ0) is 25.8. The van der Waals surface area contributed by atoms with E-state index in [2.05, 4.69) is 0 Å². The molecule has 2 aromatic carbocycles. The summed E-state index contributed by atoms with van der Waals surface area (Å²) in [5, 5.41) is 1.08. The van der Waals surface area contributed by atoms with E-state index in [9.17, 15) is 9.59 Å². The quantitative estimate of drug-likeness (QED) is 0.298. The molecule has 1 fully saturated rings. The molecule has 0 saturated carbocycles. The van der Waals surface area contributed by atoms with Crippen LogP contribution in [0.2, 0.25) is 10.0 Å². The number of amides is 2. The fourth-order valence-corrected chi connectivity index (χ4v) is 5.80. The van der Waals surface area contributed by atoms with Crippen LogP contribution in [0.25, 0.3) is 17.1 Å². The van der Waals surface area contributed by atoms with Gasteiger partial charge in [-0.3, -0.25) is 14.3 Å². The number of rotatable bonds is 7. The second-order valence-corrected chi connectivity index (χ2v) is 11.3. The molecule has 1 saturated heterocycles. The average molecular weight is 546 g/mol. The Morgan fingerprint density at radius 3 is 2.42 bits per heavy atom. The van der Waals surface area contributed by atoms with Gasteiger partial charge in [0.25, 0.3) is 0 Å². The van der Waals surface area contributed by atoms with Crippen LogP contribution in [0.4, 0.5) is 10.6 Å². The van der Waals surface area contributed by atoms with Crippen molar-refractivity contribution in [3.05, 3.63) is 64.3 Å². The number of hydrogen-bond donors (Lipinski definition) is 0. The molecule has 1 aliphatic heterocycles. The Balaban J connectivity index is 1.93. The highest BCUT2D eigenvalue weighted by Crippen LogP contribution is 2.36. The minimum atomic E-state index is -0.183. The van der Waals surface area contributed by atoms with E-state index >= 15 is 0 Å². The largest absolute Gasteiger partial charge is 0.325 e. The maximum absolute atomic E-state index is 13.8. The first-order valence-electron chi connectivity index (χ1n) is 12.0. The van der Waals surface area contributed by atoms with E-state index < -0.39 is 0 Å². The predicted molar refractivity (Wildman–Crippen MR) is 150 cm³/mol. The van der Waals surface area contributed by atoms with Crippen molar-refractivity contribution in [1.29, 1.82) is 0 Å². The molecule has 2 amide bonds. The van der Waals surface area contributed by atoms with Crippen LogP contribution in [-0.2, 0) is 0 Å². The highest BCUT2D eigenvalue weighted by atomic mass is 35.5. The Labute approximate surface area is 226 Å². The van der Waals surface area contributed by atoms with Gasteiger partial charge in [0, 0.05) is 35.9 Å². The highest BCUT2D eigenvalue weighted by Gasteiger charge is 2.32. The van der Waals surface area contributed by atoms with Gasteiger partial charge in [0.1, 0.15) is 11.5 Å². The fourth-order valence-electron chi connectivity index (χ4n) is 4.25. The summed E-state index contributed by atoms with van der Waals surface area (Å²) in [5.74, 6) is 3.30. The van der Waals surface area contributed by atoms with Crippen LogP contribution in [0.5, 0.6) is 0 Å². The number of urea groups is 1. The van der Waals surface area contributed by atoms with Crippen molar-refractivity contribution in [2.75, 3.05) is 30.0 Å². The minimum absolute atomic E-state index is 0.0111. The average Bonchev–Trinajstić information content (AvgIpc) is 3.26. The zero-order valence-electron chi connectivity index (χ0n) is 20.7. The van der Waals surface area contributed by atoms with Crippen molar-refractivity contribution in [3.63, 3.8) is 0 Å². The molecule has 4 rings (SSSR count). The highest BCUT2D eigenvalue weighted by molar-refractivity contribution is 7.99. The van der Waals surface area contributed by atoms with Gasteiger partial charge in [0.2, 0.25) is 0 Å². The summed E-state index contributed by atoms with van der Waals surface area (Å²) in [6.45, 7) is 4.43. The normalized spacial score (nSPS) is 14.2. The molecule has 6 nitrogen and oxygen atoms in total. The topological polar surface area (TPSA) is 58.4 Å². The molecule has 1 aliphatic rings. The lowest BCUT2D eigenvalue weighted by atomic mass is 10.0. The van der Waals surface area contributed by atoms with Gasteiger partial charge in [0.05, 0.1) is 5.02 Å². The maximum Gasteiger partial charge on any atom is 0.325 e. The molecule has 190 valence electrons. The number of anilines is 1. The number of carbonyl (C=O) groups excluding carboxylic acids is 2. The minimum Gasteiger partial charge on any atom is -0.325 e. The lowest BCUT2D eigenvalue weighted by Gasteiger charge is -2.33. The number of thioether (sulfide) groups is 1. The molecule has 9 heteroatoms. The molecule has 0 atom stereocenters. The molecule has 0 N–H and O–H groups in total. The van der Waals surface area contributed by atoms with E-state index in [0.29, 0.717) is 51.1 Å². The summed E-state index contributed by atoms with van der Waals surface area (Å²) in [7, 11) is 1.78. The molecule has 0 aliphatic carbocycles. The SMILES string of the molecule is CC(C)N(C)C(=O)N(CC1CCSCC1)c1nc(-c2ccccc2Cl)n(-c2ccc(Cl)cc2)c1C=O. The third-order valence-corrected chi connectivity index (χ3v) is 8.18. The first-order chi connectivity index (χ1) is 17.3. The number of aldehydes is 1. The predicted octanol–water partition coefficient (Wildman–Crippen LogP) is 7.07.